The molecule has 1 aromatic rings. The first-order valence-corrected chi connectivity index (χ1v) is 5.78. The number of rotatable bonds is 3. The molecule has 0 radical (unpaired) electrons. The Morgan fingerprint density at radius 1 is 1.00 bits per heavy atom. The maximum Gasteiger partial charge on any atom is -0.0162 e. The Kier molecular flexibility index (Phi) is 2.62. The smallest absolute Gasteiger partial charge is 0.0162 e. The molecule has 1 fully saturated rings. The number of hydrogen-bond donors (Lipinski definition) is 0. The largest absolute Gasteiger partial charge is 0.0622 e. The summed E-state index contributed by atoms with van der Waals surface area (Å²) < 4.78 is 0. The molecule has 0 aromatic heterocycles. The summed E-state index contributed by atoms with van der Waals surface area (Å²) in [6.07, 6.45) is 2.80. The third kappa shape index (κ3) is 2.00. The summed E-state index contributed by atoms with van der Waals surface area (Å²) >= 11 is 0. The van der Waals surface area contributed by atoms with Crippen LogP contribution >= 0.6 is 0 Å². The summed E-state index contributed by atoms with van der Waals surface area (Å²) in [5.74, 6) is 2.31. The summed E-state index contributed by atoms with van der Waals surface area (Å²) in [7, 11) is 0. The van der Waals surface area contributed by atoms with Crippen molar-refractivity contribution in [2.24, 2.45) is 5.92 Å². The molecule has 0 bridgehead atoms. The zero-order valence-corrected chi connectivity index (χ0v) is 9.46. The molecule has 0 nitrogen and oxygen atoms in total. The van der Waals surface area contributed by atoms with Gasteiger partial charge in [0, 0.05) is 0 Å². The molecule has 2 rings (SSSR count). The maximum absolute atomic E-state index is 2.33. The van der Waals surface area contributed by atoms with Crippen molar-refractivity contribution in [2.45, 2.75) is 45.4 Å². The van der Waals surface area contributed by atoms with E-state index in [1.807, 2.05) is 0 Å². The highest BCUT2D eigenvalue weighted by Crippen LogP contribution is 2.40. The summed E-state index contributed by atoms with van der Waals surface area (Å²) in [5.41, 5.74) is 3.04. The molecule has 0 saturated heterocycles. The van der Waals surface area contributed by atoms with Crippen LogP contribution in [0.4, 0.5) is 0 Å². The minimum absolute atomic E-state index is 0.684. The second-order valence-corrected chi connectivity index (χ2v) is 4.97. The van der Waals surface area contributed by atoms with Crippen LogP contribution in [0.5, 0.6) is 0 Å². The van der Waals surface area contributed by atoms with Crippen LogP contribution in [-0.2, 0) is 0 Å². The lowest BCUT2D eigenvalue weighted by atomic mass is 9.89. The highest BCUT2D eigenvalue weighted by molar-refractivity contribution is 5.29. The first-order valence-electron chi connectivity index (χ1n) is 5.78. The van der Waals surface area contributed by atoms with Crippen LogP contribution in [0.1, 0.15) is 56.6 Å². The van der Waals surface area contributed by atoms with E-state index in [9.17, 15) is 0 Å². The highest BCUT2D eigenvalue weighted by Gasteiger charge is 2.23. The van der Waals surface area contributed by atoms with Gasteiger partial charge in [0.1, 0.15) is 0 Å². The maximum atomic E-state index is 2.33. The zero-order chi connectivity index (χ0) is 10.1. The molecule has 14 heavy (non-hydrogen) atoms. The van der Waals surface area contributed by atoms with E-state index >= 15 is 0 Å². The van der Waals surface area contributed by atoms with Gasteiger partial charge in [-0.1, -0.05) is 45.0 Å². The van der Waals surface area contributed by atoms with Gasteiger partial charge in [0.2, 0.25) is 0 Å². The lowest BCUT2D eigenvalue weighted by Gasteiger charge is -2.16. The van der Waals surface area contributed by atoms with E-state index in [2.05, 4.69) is 45.0 Å². The normalized spacial score (nSPS) is 18.6. The second kappa shape index (κ2) is 3.76. The molecule has 0 heteroatoms. The second-order valence-electron chi connectivity index (χ2n) is 4.97. The van der Waals surface area contributed by atoms with E-state index < -0.39 is 0 Å². The van der Waals surface area contributed by atoms with Gasteiger partial charge in [-0.05, 0) is 41.7 Å². The molecule has 0 heterocycles. The SMILES string of the molecule is CC(C)[C@@H](C)c1ccc(C2CC2)cc1. The van der Waals surface area contributed by atoms with Crippen LogP contribution < -0.4 is 0 Å². The first-order chi connectivity index (χ1) is 6.68. The lowest BCUT2D eigenvalue weighted by Crippen LogP contribution is -2.01. The average molecular weight is 188 g/mol. The zero-order valence-electron chi connectivity index (χ0n) is 9.46. The van der Waals surface area contributed by atoms with E-state index in [0.29, 0.717) is 5.92 Å². The fourth-order valence-electron chi connectivity index (χ4n) is 1.87. The fourth-order valence-corrected chi connectivity index (χ4v) is 1.87. The number of benzene rings is 1. The molecule has 1 aliphatic rings. The van der Waals surface area contributed by atoms with E-state index in [-0.39, 0.29) is 0 Å². The van der Waals surface area contributed by atoms with E-state index in [1.165, 1.54) is 18.4 Å². The lowest BCUT2D eigenvalue weighted by molar-refractivity contribution is 0.535. The first kappa shape index (κ1) is 9.76. The average Bonchev–Trinajstić information content (AvgIpc) is 3.00. The molecule has 1 aromatic carbocycles. The standard InChI is InChI=1S/C14H20/c1-10(2)11(3)12-4-6-13(7-5-12)14-8-9-14/h4-7,10-11,14H,8-9H2,1-3H3/t11-/m1/s1. The van der Waals surface area contributed by atoms with Gasteiger partial charge in [-0.15, -0.1) is 0 Å². The van der Waals surface area contributed by atoms with E-state index in [4.69, 9.17) is 0 Å². The van der Waals surface area contributed by atoms with E-state index in [1.54, 1.807) is 5.56 Å². The number of hydrogen-bond acceptors (Lipinski definition) is 0. The molecule has 1 aliphatic carbocycles. The van der Waals surface area contributed by atoms with Gasteiger partial charge < -0.3 is 0 Å². The quantitative estimate of drug-likeness (QED) is 0.662. The van der Waals surface area contributed by atoms with Gasteiger partial charge in [-0.25, -0.2) is 0 Å². The van der Waals surface area contributed by atoms with Crippen molar-refractivity contribution in [3.63, 3.8) is 0 Å². The third-order valence-corrected chi connectivity index (χ3v) is 3.51. The predicted octanol–water partition coefficient (Wildman–Crippen LogP) is 4.32. The van der Waals surface area contributed by atoms with Crippen molar-refractivity contribution in [1.29, 1.82) is 0 Å². The van der Waals surface area contributed by atoms with Gasteiger partial charge >= 0.3 is 0 Å². The molecule has 0 unspecified atom stereocenters. The van der Waals surface area contributed by atoms with Crippen LogP contribution in [0.3, 0.4) is 0 Å². The molecule has 1 saturated carbocycles. The van der Waals surface area contributed by atoms with Crippen LogP contribution in [0.2, 0.25) is 0 Å². The summed E-state index contributed by atoms with van der Waals surface area (Å²) in [5, 5.41) is 0. The Hall–Kier alpha value is -0.780. The predicted molar refractivity (Wildman–Crippen MR) is 61.7 cm³/mol. The Morgan fingerprint density at radius 2 is 1.57 bits per heavy atom. The van der Waals surface area contributed by atoms with Crippen molar-refractivity contribution in [2.75, 3.05) is 0 Å². The Labute approximate surface area is 87.3 Å². The molecular formula is C14H20. The van der Waals surface area contributed by atoms with Gasteiger partial charge in [-0.2, -0.15) is 0 Å². The third-order valence-electron chi connectivity index (χ3n) is 3.51. The van der Waals surface area contributed by atoms with Crippen molar-refractivity contribution in [3.8, 4) is 0 Å². The fraction of sp³-hybridized carbons (Fsp3) is 0.571. The van der Waals surface area contributed by atoms with Gasteiger partial charge in [0.05, 0.1) is 0 Å². The molecule has 76 valence electrons. The Bertz CT molecular complexity index is 290. The van der Waals surface area contributed by atoms with Crippen molar-refractivity contribution < 1.29 is 0 Å². The summed E-state index contributed by atoms with van der Waals surface area (Å²) in [6, 6.07) is 9.29. The van der Waals surface area contributed by atoms with Crippen LogP contribution in [0, 0.1) is 5.92 Å². The van der Waals surface area contributed by atoms with Gasteiger partial charge in [-0.3, -0.25) is 0 Å². The van der Waals surface area contributed by atoms with Crippen LogP contribution in [0.15, 0.2) is 24.3 Å². The minimum Gasteiger partial charge on any atom is -0.0622 e. The monoisotopic (exact) mass is 188 g/mol. The van der Waals surface area contributed by atoms with Crippen molar-refractivity contribution in [1.82, 2.24) is 0 Å². The minimum atomic E-state index is 0.684. The molecule has 0 spiro atoms. The van der Waals surface area contributed by atoms with Gasteiger partial charge in [0.15, 0.2) is 0 Å². The topological polar surface area (TPSA) is 0 Å². The van der Waals surface area contributed by atoms with Crippen LogP contribution in [0.25, 0.3) is 0 Å². The van der Waals surface area contributed by atoms with Crippen molar-refractivity contribution >= 4 is 0 Å². The van der Waals surface area contributed by atoms with Crippen LogP contribution in [-0.4, -0.2) is 0 Å². The highest BCUT2D eigenvalue weighted by atomic mass is 14.3. The molecular weight excluding hydrogens is 168 g/mol. The van der Waals surface area contributed by atoms with Gasteiger partial charge in [0.25, 0.3) is 0 Å². The van der Waals surface area contributed by atoms with E-state index in [0.717, 1.165) is 11.8 Å². The van der Waals surface area contributed by atoms with Crippen molar-refractivity contribution in [3.05, 3.63) is 35.4 Å². The molecule has 0 aliphatic heterocycles. The summed E-state index contributed by atoms with van der Waals surface area (Å²) in [4.78, 5) is 0. The Morgan fingerprint density at radius 3 is 2.00 bits per heavy atom. The molecule has 0 N–H and O–H groups in total. The Balaban J connectivity index is 2.12. The molecule has 1 atom stereocenters. The molecule has 0 amide bonds. The summed E-state index contributed by atoms with van der Waals surface area (Å²) in [6.45, 7) is 6.90.